The first-order chi connectivity index (χ1) is 10.6. The molecule has 27 heavy (non-hydrogen) atoms. The van der Waals surface area contributed by atoms with Gasteiger partial charge in [0.25, 0.3) is 0 Å². The molecule has 1 amide bonds. The summed E-state index contributed by atoms with van der Waals surface area (Å²) in [7, 11) is 4.26. The van der Waals surface area contributed by atoms with Gasteiger partial charge < -0.3 is 14.1 Å². The lowest BCUT2D eigenvalue weighted by Crippen LogP contribution is -2.44. The average molecular weight is 392 g/mol. The van der Waals surface area contributed by atoms with Crippen LogP contribution in [-0.4, -0.2) is 67.6 Å². The zero-order valence-corrected chi connectivity index (χ0v) is 15.9. The molecule has 5 heteroatoms. The predicted molar refractivity (Wildman–Crippen MR) is 119 cm³/mol. The molecule has 1 fully saturated rings. The molecule has 1 unspecified atom stereocenters. The fourth-order valence-corrected chi connectivity index (χ4v) is 2.94. The highest BCUT2D eigenvalue weighted by Gasteiger charge is 2.36. The van der Waals surface area contributed by atoms with Crippen molar-refractivity contribution in [2.24, 2.45) is 5.41 Å². The van der Waals surface area contributed by atoms with Gasteiger partial charge in [-0.15, -0.1) is 0 Å². The monoisotopic (exact) mass is 391 g/mol. The second-order valence-electron chi connectivity index (χ2n) is 7.95. The molecule has 0 spiro atoms. The van der Waals surface area contributed by atoms with Crippen LogP contribution in [0.5, 0.6) is 0 Å². The van der Waals surface area contributed by atoms with Gasteiger partial charge in [0, 0.05) is 19.0 Å². The second kappa shape index (κ2) is 14.0. The number of likely N-dealkylation sites (tertiary alicyclic amines) is 1. The van der Waals surface area contributed by atoms with Crippen LogP contribution in [0.4, 0.5) is 0 Å². The number of quaternary nitrogens is 1. The number of carbonyl (C=O) groups is 2. The highest BCUT2D eigenvalue weighted by Crippen LogP contribution is 2.30. The van der Waals surface area contributed by atoms with Crippen molar-refractivity contribution >= 4 is 11.9 Å². The second-order valence-corrected chi connectivity index (χ2v) is 7.95. The van der Waals surface area contributed by atoms with Gasteiger partial charge >= 0.3 is 5.97 Å². The topological polar surface area (TPSA) is 46.6 Å². The van der Waals surface area contributed by atoms with Crippen molar-refractivity contribution in [1.82, 2.24) is 4.90 Å². The molecule has 1 saturated heterocycles. The maximum Gasteiger partial charge on any atom is 0.311 e. The third-order valence-corrected chi connectivity index (χ3v) is 5.11. The molecule has 166 valence electrons. The lowest BCUT2D eigenvalue weighted by atomic mass is 9.84. The minimum absolute atomic E-state index is 0. The van der Waals surface area contributed by atoms with Crippen molar-refractivity contribution in [2.45, 2.75) is 89.1 Å². The van der Waals surface area contributed by atoms with Gasteiger partial charge in [-0.3, -0.25) is 9.59 Å². The molecule has 1 rings (SSSR count). The molecule has 0 aromatic rings. The summed E-state index contributed by atoms with van der Waals surface area (Å²) in [4.78, 5) is 26.4. The first kappa shape index (κ1) is 33.5. The molecular formula is C22H51N2O3+. The third-order valence-electron chi connectivity index (χ3n) is 5.11. The first-order valence-electron chi connectivity index (χ1n) is 8.91. The maximum atomic E-state index is 12.5. The van der Waals surface area contributed by atoms with Crippen LogP contribution in [0.1, 0.15) is 83.1 Å². The Labute approximate surface area is 171 Å². The number of likely N-dealkylation sites (N-methyl/N-ethyl adjacent to an activating group) is 1. The molecule has 0 radical (unpaired) electrons. The van der Waals surface area contributed by atoms with Crippen LogP contribution >= 0.6 is 0 Å². The van der Waals surface area contributed by atoms with Gasteiger partial charge in [0.15, 0.2) is 0 Å². The standard InChI is InChI=1S/C18H35N2O3.4CH4/c1-7-15(19-11-9-10-16(19)21)14-18(3,4)17(22)23-13-12-20(5,6)8-2;;;;/h15H,7-14H2,1-6H3;4*1H4/q+1;;;;. The summed E-state index contributed by atoms with van der Waals surface area (Å²) in [5.74, 6) is 0.0710. The van der Waals surface area contributed by atoms with Crippen molar-refractivity contribution < 1.29 is 18.8 Å². The Morgan fingerprint density at radius 2 is 1.74 bits per heavy atom. The van der Waals surface area contributed by atoms with Gasteiger partial charge in [0.1, 0.15) is 13.2 Å². The van der Waals surface area contributed by atoms with Gasteiger partial charge in [-0.1, -0.05) is 36.6 Å². The molecule has 1 aliphatic rings. The number of rotatable bonds is 9. The molecule has 1 aliphatic heterocycles. The summed E-state index contributed by atoms with van der Waals surface area (Å²) in [6, 6.07) is 0.135. The van der Waals surface area contributed by atoms with E-state index in [0.29, 0.717) is 19.4 Å². The van der Waals surface area contributed by atoms with Crippen LogP contribution in [0.3, 0.4) is 0 Å². The van der Waals surface area contributed by atoms with E-state index in [-0.39, 0.29) is 47.6 Å². The van der Waals surface area contributed by atoms with E-state index in [1.807, 2.05) is 18.7 Å². The first-order valence-corrected chi connectivity index (χ1v) is 8.91. The minimum atomic E-state index is -0.563. The Balaban J connectivity index is -0.000000661. The van der Waals surface area contributed by atoms with E-state index in [2.05, 4.69) is 27.9 Å². The van der Waals surface area contributed by atoms with Crippen molar-refractivity contribution in [3.63, 3.8) is 0 Å². The molecule has 0 aliphatic carbocycles. The Hall–Kier alpha value is -1.10. The molecule has 0 aromatic carbocycles. The minimum Gasteiger partial charge on any atom is -0.459 e. The molecule has 1 heterocycles. The summed E-state index contributed by atoms with van der Waals surface area (Å²) < 4.78 is 6.36. The summed E-state index contributed by atoms with van der Waals surface area (Å²) in [6.07, 6.45) is 3.12. The van der Waals surface area contributed by atoms with Crippen LogP contribution in [0.15, 0.2) is 0 Å². The lowest BCUT2D eigenvalue weighted by molar-refractivity contribution is -0.888. The summed E-state index contributed by atoms with van der Waals surface area (Å²) in [5, 5.41) is 0. The maximum absolute atomic E-state index is 12.5. The molecule has 0 N–H and O–H groups in total. The summed E-state index contributed by atoms with van der Waals surface area (Å²) in [5.41, 5.74) is -0.563. The quantitative estimate of drug-likeness (QED) is 0.411. The summed E-state index contributed by atoms with van der Waals surface area (Å²) in [6.45, 7) is 11.2. The average Bonchev–Trinajstić information content (AvgIpc) is 2.90. The summed E-state index contributed by atoms with van der Waals surface area (Å²) >= 11 is 0. The van der Waals surface area contributed by atoms with Crippen LogP contribution < -0.4 is 0 Å². The normalized spacial score (nSPS) is 14.9. The van der Waals surface area contributed by atoms with Gasteiger partial charge in [-0.2, -0.15) is 0 Å². The van der Waals surface area contributed by atoms with Crippen molar-refractivity contribution in [3.8, 4) is 0 Å². The molecule has 5 nitrogen and oxygen atoms in total. The van der Waals surface area contributed by atoms with E-state index in [9.17, 15) is 9.59 Å². The van der Waals surface area contributed by atoms with Gasteiger partial charge in [-0.25, -0.2) is 0 Å². The Morgan fingerprint density at radius 1 is 1.19 bits per heavy atom. The highest BCUT2D eigenvalue weighted by atomic mass is 16.5. The number of hydrogen-bond acceptors (Lipinski definition) is 3. The van der Waals surface area contributed by atoms with Crippen molar-refractivity contribution in [1.29, 1.82) is 0 Å². The molecule has 0 aromatic heterocycles. The van der Waals surface area contributed by atoms with Gasteiger partial charge in [-0.05, 0) is 40.0 Å². The Bertz CT molecular complexity index is 420. The Morgan fingerprint density at radius 3 is 2.15 bits per heavy atom. The van der Waals surface area contributed by atoms with E-state index in [1.54, 1.807) is 0 Å². The molecular weight excluding hydrogens is 340 g/mol. The van der Waals surface area contributed by atoms with E-state index in [0.717, 1.165) is 37.0 Å². The number of hydrogen-bond donors (Lipinski definition) is 0. The van der Waals surface area contributed by atoms with E-state index >= 15 is 0 Å². The van der Waals surface area contributed by atoms with Gasteiger partial charge in [0.05, 0.1) is 26.1 Å². The predicted octanol–water partition coefficient (Wildman–Crippen LogP) is 4.99. The zero-order chi connectivity index (χ0) is 17.7. The van der Waals surface area contributed by atoms with Crippen LogP contribution in [-0.2, 0) is 14.3 Å². The molecule has 0 saturated carbocycles. The molecule has 1 atom stereocenters. The fraction of sp³-hybridized carbons (Fsp3) is 0.909. The number of ether oxygens (including phenoxy) is 1. The van der Waals surface area contributed by atoms with E-state index < -0.39 is 5.41 Å². The van der Waals surface area contributed by atoms with Crippen LogP contribution in [0, 0.1) is 5.41 Å². The smallest absolute Gasteiger partial charge is 0.311 e. The lowest BCUT2D eigenvalue weighted by Gasteiger charge is -2.33. The molecule has 0 bridgehead atoms. The number of esters is 1. The largest absolute Gasteiger partial charge is 0.459 e. The van der Waals surface area contributed by atoms with E-state index in [1.165, 1.54) is 0 Å². The van der Waals surface area contributed by atoms with Crippen LogP contribution in [0.25, 0.3) is 0 Å². The zero-order valence-electron chi connectivity index (χ0n) is 15.9. The van der Waals surface area contributed by atoms with E-state index in [4.69, 9.17) is 4.74 Å². The fourth-order valence-electron chi connectivity index (χ4n) is 2.94. The van der Waals surface area contributed by atoms with Gasteiger partial charge in [0.2, 0.25) is 5.91 Å². The number of amides is 1. The number of nitrogens with zero attached hydrogens (tertiary/aromatic N) is 2. The third kappa shape index (κ3) is 10.1. The Kier molecular flexibility index (Phi) is 17.3. The van der Waals surface area contributed by atoms with Crippen molar-refractivity contribution in [2.75, 3.05) is 40.3 Å². The highest BCUT2D eigenvalue weighted by molar-refractivity contribution is 5.79. The van der Waals surface area contributed by atoms with Crippen LogP contribution in [0.2, 0.25) is 0 Å². The SMILES string of the molecule is C.C.C.C.CCC(CC(C)(C)C(=O)OCC[N+](C)(C)CC)N1CCCC1=O. The number of carbonyl (C=O) groups excluding carboxylic acids is 2. The van der Waals surface area contributed by atoms with Crippen molar-refractivity contribution in [3.05, 3.63) is 0 Å².